The topological polar surface area (TPSA) is 82.6 Å². The molecule has 1 aliphatic heterocycles. The molecule has 1 N–H and O–H groups in total. The summed E-state index contributed by atoms with van der Waals surface area (Å²) < 4.78 is 27.4. The van der Waals surface area contributed by atoms with E-state index in [0.29, 0.717) is 29.5 Å². The van der Waals surface area contributed by atoms with Crippen LogP contribution in [0.15, 0.2) is 34.5 Å². The van der Waals surface area contributed by atoms with Crippen molar-refractivity contribution in [2.75, 3.05) is 32.0 Å². The molecular weight excluding hydrogens is 396 g/mol. The van der Waals surface area contributed by atoms with Crippen molar-refractivity contribution >= 4 is 33.1 Å². The molecule has 0 radical (unpaired) electrons. The maximum absolute atomic E-state index is 12.8. The lowest BCUT2D eigenvalue weighted by atomic mass is 9.97. The second kappa shape index (κ2) is 8.59. The van der Waals surface area contributed by atoms with Gasteiger partial charge in [-0.25, -0.2) is 18.2 Å². The van der Waals surface area contributed by atoms with Crippen LogP contribution in [-0.4, -0.2) is 55.3 Å². The average Bonchev–Trinajstić information content (AvgIpc) is 3.02. The normalized spacial score (nSPS) is 15.8. The highest BCUT2D eigenvalue weighted by Crippen LogP contribution is 2.27. The molecule has 0 atom stereocenters. The van der Waals surface area contributed by atoms with E-state index >= 15 is 0 Å². The number of thiazole rings is 1. The molecule has 7 nitrogen and oxygen atoms in total. The predicted molar refractivity (Wildman–Crippen MR) is 111 cm³/mol. The van der Waals surface area contributed by atoms with Crippen molar-refractivity contribution in [1.82, 2.24) is 14.2 Å². The minimum Gasteiger partial charge on any atom is -0.325 e. The number of nitrogens with one attached hydrogen (secondary N) is 1. The van der Waals surface area contributed by atoms with Crippen molar-refractivity contribution in [3.05, 3.63) is 41.0 Å². The van der Waals surface area contributed by atoms with E-state index in [1.807, 2.05) is 37.3 Å². The third kappa shape index (κ3) is 4.71. The van der Waals surface area contributed by atoms with Crippen LogP contribution >= 0.6 is 11.3 Å². The monoisotopic (exact) mass is 422 g/mol. The van der Waals surface area contributed by atoms with Crippen LogP contribution in [0.1, 0.15) is 23.5 Å². The van der Waals surface area contributed by atoms with E-state index in [9.17, 15) is 13.2 Å². The second-order valence-electron chi connectivity index (χ2n) is 7.12. The molecule has 9 heteroatoms. The quantitative estimate of drug-likeness (QED) is 0.801. The lowest BCUT2D eigenvalue weighted by Gasteiger charge is -2.33. The van der Waals surface area contributed by atoms with E-state index in [1.165, 1.54) is 15.6 Å². The highest BCUT2D eigenvalue weighted by Gasteiger charge is 2.30. The summed E-state index contributed by atoms with van der Waals surface area (Å²) in [4.78, 5) is 18.4. The molecule has 1 fully saturated rings. The highest BCUT2D eigenvalue weighted by atomic mass is 32.2. The SMILES string of the molecule is Cc1nc(C)c(S(=O)(=O)N(C)CC2CCN(C(=O)Nc3ccccc3)CC2)s1. The van der Waals surface area contributed by atoms with Gasteiger partial charge in [-0.15, -0.1) is 11.3 Å². The molecular formula is C19H26N4O3S2. The van der Waals surface area contributed by atoms with Gasteiger partial charge in [0.05, 0.1) is 10.7 Å². The van der Waals surface area contributed by atoms with Gasteiger partial charge in [-0.3, -0.25) is 0 Å². The standard InChI is InChI=1S/C19H26N4O3S2/c1-14-18(27-15(2)20-14)28(25,26)22(3)13-16-9-11-23(12-10-16)19(24)21-17-7-5-4-6-8-17/h4-8,16H,9-13H2,1-3H3,(H,21,24). The van der Waals surface area contributed by atoms with Crippen molar-refractivity contribution in [3.8, 4) is 0 Å². The maximum Gasteiger partial charge on any atom is 0.321 e. The second-order valence-corrected chi connectivity index (χ2v) is 10.6. The largest absolute Gasteiger partial charge is 0.325 e. The van der Waals surface area contributed by atoms with Gasteiger partial charge in [-0.2, -0.15) is 4.31 Å². The van der Waals surface area contributed by atoms with Crippen molar-refractivity contribution < 1.29 is 13.2 Å². The number of hydrogen-bond donors (Lipinski definition) is 1. The van der Waals surface area contributed by atoms with Gasteiger partial charge >= 0.3 is 6.03 Å². The number of sulfonamides is 1. The number of aromatic nitrogens is 1. The molecule has 2 aromatic rings. The zero-order valence-corrected chi connectivity index (χ0v) is 18.0. The molecule has 0 aliphatic carbocycles. The number of benzene rings is 1. The molecule has 2 heterocycles. The molecule has 0 saturated carbocycles. The Hall–Kier alpha value is -1.97. The average molecular weight is 423 g/mol. The van der Waals surface area contributed by atoms with Gasteiger partial charge in [-0.05, 0) is 44.7 Å². The number of rotatable bonds is 5. The molecule has 0 bridgehead atoms. The van der Waals surface area contributed by atoms with Crippen LogP contribution in [0.4, 0.5) is 10.5 Å². The smallest absolute Gasteiger partial charge is 0.321 e. The van der Waals surface area contributed by atoms with Crippen LogP contribution in [0, 0.1) is 19.8 Å². The number of hydrogen-bond acceptors (Lipinski definition) is 5. The highest BCUT2D eigenvalue weighted by molar-refractivity contribution is 7.91. The van der Waals surface area contributed by atoms with Gasteiger partial charge in [0.15, 0.2) is 4.21 Å². The van der Waals surface area contributed by atoms with Crippen molar-refractivity contribution in [3.63, 3.8) is 0 Å². The molecule has 152 valence electrons. The first-order valence-electron chi connectivity index (χ1n) is 9.28. The van der Waals surface area contributed by atoms with Gasteiger partial charge < -0.3 is 10.2 Å². The van der Waals surface area contributed by atoms with Crippen molar-refractivity contribution in [2.24, 2.45) is 5.92 Å². The predicted octanol–water partition coefficient (Wildman–Crippen LogP) is 3.32. The zero-order chi connectivity index (χ0) is 20.3. The maximum atomic E-state index is 12.8. The fourth-order valence-corrected chi connectivity index (χ4v) is 6.32. The van der Waals surface area contributed by atoms with Gasteiger partial charge in [0.25, 0.3) is 10.0 Å². The summed E-state index contributed by atoms with van der Waals surface area (Å²) in [5.74, 6) is 0.231. The number of aryl methyl sites for hydroxylation is 2. The van der Waals surface area contributed by atoms with Crippen LogP contribution < -0.4 is 5.32 Å². The van der Waals surface area contributed by atoms with Crippen LogP contribution in [0.3, 0.4) is 0 Å². The molecule has 1 aliphatic rings. The first-order chi connectivity index (χ1) is 13.3. The Bertz CT molecular complexity index is 920. The summed E-state index contributed by atoms with van der Waals surface area (Å²) >= 11 is 1.21. The number of para-hydroxylation sites is 1. The molecule has 28 heavy (non-hydrogen) atoms. The minimum atomic E-state index is -3.52. The summed E-state index contributed by atoms with van der Waals surface area (Å²) in [7, 11) is -1.90. The number of carbonyl (C=O) groups excluding carboxylic acids is 1. The Morgan fingerprint density at radius 2 is 1.89 bits per heavy atom. The lowest BCUT2D eigenvalue weighted by Crippen LogP contribution is -2.43. The zero-order valence-electron chi connectivity index (χ0n) is 16.4. The fourth-order valence-electron chi connectivity index (χ4n) is 3.40. The Balaban J connectivity index is 1.54. The van der Waals surface area contributed by atoms with E-state index in [0.717, 1.165) is 23.5 Å². The van der Waals surface area contributed by atoms with E-state index in [2.05, 4.69) is 10.3 Å². The number of nitrogens with zero attached hydrogens (tertiary/aromatic N) is 3. The van der Waals surface area contributed by atoms with Crippen molar-refractivity contribution in [2.45, 2.75) is 30.9 Å². The van der Waals surface area contributed by atoms with Gasteiger partial charge in [-0.1, -0.05) is 18.2 Å². The van der Waals surface area contributed by atoms with Crippen LogP contribution in [0.5, 0.6) is 0 Å². The molecule has 0 unspecified atom stereocenters. The third-order valence-electron chi connectivity index (χ3n) is 4.95. The minimum absolute atomic E-state index is 0.110. The molecule has 1 aromatic carbocycles. The first kappa shape index (κ1) is 20.8. The number of piperidine rings is 1. The van der Waals surface area contributed by atoms with Crippen molar-refractivity contribution in [1.29, 1.82) is 0 Å². The molecule has 1 aromatic heterocycles. The first-order valence-corrected chi connectivity index (χ1v) is 11.5. The summed E-state index contributed by atoms with van der Waals surface area (Å²) in [5.41, 5.74) is 1.33. The van der Waals surface area contributed by atoms with E-state index in [1.54, 1.807) is 18.9 Å². The van der Waals surface area contributed by atoms with Crippen LogP contribution in [0.25, 0.3) is 0 Å². The molecule has 1 saturated heterocycles. The Kier molecular flexibility index (Phi) is 6.36. The molecule has 0 spiro atoms. The van der Waals surface area contributed by atoms with E-state index in [4.69, 9.17) is 0 Å². The Morgan fingerprint density at radius 1 is 1.25 bits per heavy atom. The number of amides is 2. The summed E-state index contributed by atoms with van der Waals surface area (Å²) in [6.45, 7) is 5.24. The van der Waals surface area contributed by atoms with Gasteiger partial charge in [0.1, 0.15) is 0 Å². The third-order valence-corrected chi connectivity index (χ3v) is 8.43. The van der Waals surface area contributed by atoms with Gasteiger partial charge in [0, 0.05) is 32.4 Å². The van der Waals surface area contributed by atoms with Crippen LogP contribution in [0.2, 0.25) is 0 Å². The number of anilines is 1. The number of urea groups is 1. The molecule has 2 amide bonds. The van der Waals surface area contributed by atoms with Crippen LogP contribution in [-0.2, 0) is 10.0 Å². The lowest BCUT2D eigenvalue weighted by molar-refractivity contribution is 0.176. The number of likely N-dealkylation sites (tertiary alicyclic amines) is 1. The number of carbonyl (C=O) groups is 1. The van der Waals surface area contributed by atoms with E-state index in [-0.39, 0.29) is 11.9 Å². The fraction of sp³-hybridized carbons (Fsp3) is 0.474. The Labute approximate surface area is 170 Å². The summed E-state index contributed by atoms with van der Waals surface area (Å²) in [5, 5.41) is 3.65. The Morgan fingerprint density at radius 3 is 2.46 bits per heavy atom. The molecule has 3 rings (SSSR count). The summed E-state index contributed by atoms with van der Waals surface area (Å²) in [6, 6.07) is 9.26. The van der Waals surface area contributed by atoms with Gasteiger partial charge in [0.2, 0.25) is 0 Å². The van der Waals surface area contributed by atoms with E-state index < -0.39 is 10.0 Å². The summed E-state index contributed by atoms with van der Waals surface area (Å²) in [6.07, 6.45) is 1.56.